The van der Waals surface area contributed by atoms with Crippen LogP contribution in [0.3, 0.4) is 0 Å². The summed E-state index contributed by atoms with van der Waals surface area (Å²) in [4.78, 5) is 23.9. The highest BCUT2D eigenvalue weighted by atomic mass is 16.5. The first-order valence-electron chi connectivity index (χ1n) is 9.02. The SMILES string of the molecule is CCCCNC(=O)c1ccc(NC(=O)COc2ccc(CC)cc2)cc1. The summed E-state index contributed by atoms with van der Waals surface area (Å²) in [6.07, 6.45) is 2.96. The molecule has 0 aliphatic heterocycles. The third-order valence-corrected chi connectivity index (χ3v) is 3.95. The average Bonchev–Trinajstić information content (AvgIpc) is 2.67. The number of benzene rings is 2. The van der Waals surface area contributed by atoms with Gasteiger partial charge in [-0.05, 0) is 54.8 Å². The van der Waals surface area contributed by atoms with Crippen LogP contribution >= 0.6 is 0 Å². The lowest BCUT2D eigenvalue weighted by Crippen LogP contribution is -2.24. The van der Waals surface area contributed by atoms with Crippen molar-refractivity contribution in [2.75, 3.05) is 18.5 Å². The molecular weight excluding hydrogens is 328 g/mol. The first-order chi connectivity index (χ1) is 12.6. The molecule has 0 atom stereocenters. The molecule has 138 valence electrons. The van der Waals surface area contributed by atoms with E-state index in [1.54, 1.807) is 24.3 Å². The third kappa shape index (κ3) is 6.24. The van der Waals surface area contributed by atoms with Gasteiger partial charge in [0.1, 0.15) is 5.75 Å². The summed E-state index contributed by atoms with van der Waals surface area (Å²) < 4.78 is 5.48. The van der Waals surface area contributed by atoms with Crippen LogP contribution in [0.5, 0.6) is 5.75 Å². The van der Waals surface area contributed by atoms with E-state index in [4.69, 9.17) is 4.74 Å². The lowest BCUT2D eigenvalue weighted by Gasteiger charge is -2.09. The van der Waals surface area contributed by atoms with Crippen molar-refractivity contribution in [3.05, 3.63) is 59.7 Å². The van der Waals surface area contributed by atoms with E-state index in [0.29, 0.717) is 23.5 Å². The van der Waals surface area contributed by atoms with Crippen LogP contribution in [0.4, 0.5) is 5.69 Å². The minimum atomic E-state index is -0.246. The number of carbonyl (C=O) groups excluding carboxylic acids is 2. The normalized spacial score (nSPS) is 10.2. The molecule has 26 heavy (non-hydrogen) atoms. The summed E-state index contributed by atoms with van der Waals surface area (Å²) in [7, 11) is 0. The van der Waals surface area contributed by atoms with Crippen LogP contribution in [0.1, 0.15) is 42.6 Å². The molecule has 0 spiro atoms. The van der Waals surface area contributed by atoms with Crippen molar-refractivity contribution in [2.45, 2.75) is 33.1 Å². The van der Waals surface area contributed by atoms with E-state index in [9.17, 15) is 9.59 Å². The molecule has 2 aromatic carbocycles. The first kappa shape index (κ1) is 19.5. The Bertz CT molecular complexity index is 709. The first-order valence-corrected chi connectivity index (χ1v) is 9.02. The van der Waals surface area contributed by atoms with Crippen LogP contribution in [-0.2, 0) is 11.2 Å². The predicted octanol–water partition coefficient (Wildman–Crippen LogP) is 3.80. The van der Waals surface area contributed by atoms with Crippen molar-refractivity contribution in [1.29, 1.82) is 0 Å². The second kappa shape index (κ2) is 10.2. The molecule has 2 amide bonds. The van der Waals surface area contributed by atoms with Crippen LogP contribution in [-0.4, -0.2) is 25.0 Å². The van der Waals surface area contributed by atoms with Gasteiger partial charge in [-0.15, -0.1) is 0 Å². The number of carbonyl (C=O) groups is 2. The summed E-state index contributed by atoms with van der Waals surface area (Å²) in [6, 6.07) is 14.5. The molecule has 0 aliphatic rings. The van der Waals surface area contributed by atoms with Gasteiger partial charge < -0.3 is 15.4 Å². The van der Waals surface area contributed by atoms with Crippen molar-refractivity contribution in [2.24, 2.45) is 0 Å². The molecule has 0 radical (unpaired) electrons. The number of nitrogens with one attached hydrogen (secondary N) is 2. The molecule has 0 aromatic heterocycles. The van der Waals surface area contributed by atoms with E-state index in [2.05, 4.69) is 24.5 Å². The fourth-order valence-corrected chi connectivity index (χ4v) is 2.35. The number of rotatable bonds is 9. The number of amides is 2. The van der Waals surface area contributed by atoms with E-state index >= 15 is 0 Å². The second-order valence-corrected chi connectivity index (χ2v) is 6.02. The van der Waals surface area contributed by atoms with Gasteiger partial charge in [0.05, 0.1) is 0 Å². The van der Waals surface area contributed by atoms with Gasteiger partial charge in [0.15, 0.2) is 6.61 Å². The molecule has 5 nitrogen and oxygen atoms in total. The average molecular weight is 354 g/mol. The van der Waals surface area contributed by atoms with Gasteiger partial charge in [-0.1, -0.05) is 32.4 Å². The Morgan fingerprint density at radius 2 is 1.65 bits per heavy atom. The maximum absolute atomic E-state index is 12.0. The predicted molar refractivity (Wildman–Crippen MR) is 104 cm³/mol. The molecule has 5 heteroatoms. The van der Waals surface area contributed by atoms with Crippen molar-refractivity contribution in [3.8, 4) is 5.75 Å². The number of unbranched alkanes of at least 4 members (excludes halogenated alkanes) is 1. The summed E-state index contributed by atoms with van der Waals surface area (Å²) in [5, 5.41) is 5.62. The molecule has 0 bridgehead atoms. The van der Waals surface area contributed by atoms with E-state index in [1.165, 1.54) is 5.56 Å². The largest absolute Gasteiger partial charge is 0.484 e. The fourth-order valence-electron chi connectivity index (χ4n) is 2.35. The second-order valence-electron chi connectivity index (χ2n) is 6.02. The topological polar surface area (TPSA) is 67.4 Å². The number of anilines is 1. The van der Waals surface area contributed by atoms with E-state index in [-0.39, 0.29) is 18.4 Å². The maximum Gasteiger partial charge on any atom is 0.262 e. The lowest BCUT2D eigenvalue weighted by molar-refractivity contribution is -0.118. The summed E-state index contributed by atoms with van der Waals surface area (Å²) in [6.45, 7) is 4.77. The smallest absolute Gasteiger partial charge is 0.262 e. The van der Waals surface area contributed by atoms with E-state index in [0.717, 1.165) is 19.3 Å². The van der Waals surface area contributed by atoms with Crippen molar-refractivity contribution in [3.63, 3.8) is 0 Å². The van der Waals surface area contributed by atoms with Crippen LogP contribution in [0.2, 0.25) is 0 Å². The third-order valence-electron chi connectivity index (χ3n) is 3.95. The molecule has 2 N–H and O–H groups in total. The zero-order chi connectivity index (χ0) is 18.8. The van der Waals surface area contributed by atoms with Crippen LogP contribution in [0, 0.1) is 0 Å². The van der Waals surface area contributed by atoms with Gasteiger partial charge in [-0.3, -0.25) is 9.59 Å². The fraction of sp³-hybridized carbons (Fsp3) is 0.333. The molecule has 0 aliphatic carbocycles. The molecule has 0 heterocycles. The molecule has 0 saturated heterocycles. The number of hydrogen-bond donors (Lipinski definition) is 2. The van der Waals surface area contributed by atoms with E-state index in [1.807, 2.05) is 24.3 Å². The van der Waals surface area contributed by atoms with Gasteiger partial charge >= 0.3 is 0 Å². The molecular formula is C21H26N2O3. The standard InChI is InChI=1S/C21H26N2O3/c1-3-5-14-22-21(25)17-8-10-18(11-9-17)23-20(24)15-26-19-12-6-16(4-2)7-13-19/h6-13H,3-5,14-15H2,1-2H3,(H,22,25)(H,23,24). The Kier molecular flexibility index (Phi) is 7.68. The Morgan fingerprint density at radius 1 is 0.962 bits per heavy atom. The summed E-state index contributed by atoms with van der Waals surface area (Å²) >= 11 is 0. The Morgan fingerprint density at radius 3 is 2.27 bits per heavy atom. The summed E-state index contributed by atoms with van der Waals surface area (Å²) in [5.74, 6) is 0.316. The molecule has 0 fully saturated rings. The molecule has 2 rings (SSSR count). The minimum Gasteiger partial charge on any atom is -0.484 e. The zero-order valence-corrected chi connectivity index (χ0v) is 15.4. The summed E-state index contributed by atoms with van der Waals surface area (Å²) in [5.41, 5.74) is 2.43. The van der Waals surface area contributed by atoms with Crippen LogP contribution in [0.15, 0.2) is 48.5 Å². The molecule has 0 unspecified atom stereocenters. The number of ether oxygens (including phenoxy) is 1. The minimum absolute atomic E-state index is 0.0648. The van der Waals surface area contributed by atoms with Crippen molar-refractivity contribution < 1.29 is 14.3 Å². The van der Waals surface area contributed by atoms with Gasteiger partial charge in [0, 0.05) is 17.8 Å². The lowest BCUT2D eigenvalue weighted by atomic mass is 10.2. The monoisotopic (exact) mass is 354 g/mol. The Hall–Kier alpha value is -2.82. The highest BCUT2D eigenvalue weighted by Gasteiger charge is 2.07. The Labute approximate surface area is 154 Å². The van der Waals surface area contributed by atoms with Crippen molar-refractivity contribution in [1.82, 2.24) is 5.32 Å². The highest BCUT2D eigenvalue weighted by Crippen LogP contribution is 2.13. The molecule has 2 aromatic rings. The quantitative estimate of drug-likeness (QED) is 0.673. The zero-order valence-electron chi connectivity index (χ0n) is 15.4. The van der Waals surface area contributed by atoms with Gasteiger partial charge in [0.2, 0.25) is 0 Å². The van der Waals surface area contributed by atoms with Gasteiger partial charge in [-0.2, -0.15) is 0 Å². The number of aryl methyl sites for hydroxylation is 1. The van der Waals surface area contributed by atoms with E-state index < -0.39 is 0 Å². The van der Waals surface area contributed by atoms with Gasteiger partial charge in [-0.25, -0.2) is 0 Å². The molecule has 0 saturated carbocycles. The van der Waals surface area contributed by atoms with Gasteiger partial charge in [0.25, 0.3) is 11.8 Å². The Balaban J connectivity index is 1.80. The maximum atomic E-state index is 12.0. The van der Waals surface area contributed by atoms with Crippen LogP contribution < -0.4 is 15.4 Å². The highest BCUT2D eigenvalue weighted by molar-refractivity contribution is 5.96. The van der Waals surface area contributed by atoms with Crippen LogP contribution in [0.25, 0.3) is 0 Å². The number of hydrogen-bond acceptors (Lipinski definition) is 3. The van der Waals surface area contributed by atoms with Crippen molar-refractivity contribution >= 4 is 17.5 Å².